The van der Waals surface area contributed by atoms with Crippen LogP contribution in [0.1, 0.15) is 31.4 Å². The molecule has 0 bridgehead atoms. The van der Waals surface area contributed by atoms with E-state index in [1.54, 1.807) is 25.1 Å². The van der Waals surface area contributed by atoms with Gasteiger partial charge in [0.1, 0.15) is 11.9 Å². The van der Waals surface area contributed by atoms with Crippen LogP contribution in [0.15, 0.2) is 24.3 Å². The van der Waals surface area contributed by atoms with Crippen molar-refractivity contribution in [1.82, 2.24) is 4.90 Å². The van der Waals surface area contributed by atoms with Crippen LogP contribution in [0.2, 0.25) is 0 Å². The molecule has 2 rings (SSSR count). The van der Waals surface area contributed by atoms with Gasteiger partial charge in [-0.1, -0.05) is 12.1 Å². The van der Waals surface area contributed by atoms with Gasteiger partial charge in [0.25, 0.3) is 0 Å². The lowest BCUT2D eigenvalue weighted by Crippen LogP contribution is -2.38. The molecule has 0 spiro atoms. The molecule has 1 heterocycles. The fourth-order valence-electron chi connectivity index (χ4n) is 2.52. The molecule has 0 saturated carbocycles. The first-order valence-electron chi connectivity index (χ1n) is 7.40. The van der Waals surface area contributed by atoms with Crippen LogP contribution in [0.5, 0.6) is 5.75 Å². The molecule has 5 nitrogen and oxygen atoms in total. The number of hydrogen-bond acceptors (Lipinski definition) is 5. The molecule has 2 unspecified atom stereocenters. The standard InChI is InChI=1S/C16H23NO4/c1-3-20-16(19)15(18)12-6-4-7-13(10-12)21-14-8-5-9-17(2)11-14/h4,6-7,10,14-15,18H,3,5,8-9,11H2,1-2H3. The number of rotatable bonds is 5. The van der Waals surface area contributed by atoms with Gasteiger partial charge in [-0.3, -0.25) is 0 Å². The van der Waals surface area contributed by atoms with Crippen molar-refractivity contribution in [3.05, 3.63) is 29.8 Å². The SMILES string of the molecule is CCOC(=O)C(O)c1cccc(OC2CCCN(C)C2)c1. The summed E-state index contributed by atoms with van der Waals surface area (Å²) in [7, 11) is 2.08. The van der Waals surface area contributed by atoms with E-state index < -0.39 is 12.1 Å². The summed E-state index contributed by atoms with van der Waals surface area (Å²) < 4.78 is 10.8. The van der Waals surface area contributed by atoms with Crippen LogP contribution < -0.4 is 4.74 Å². The minimum atomic E-state index is -1.26. The number of nitrogens with zero attached hydrogens (tertiary/aromatic N) is 1. The Morgan fingerprint density at radius 1 is 1.52 bits per heavy atom. The fraction of sp³-hybridized carbons (Fsp3) is 0.562. The zero-order valence-electron chi connectivity index (χ0n) is 12.6. The Bertz CT molecular complexity index is 477. The molecule has 1 aliphatic rings. The van der Waals surface area contributed by atoms with Crippen molar-refractivity contribution in [3.63, 3.8) is 0 Å². The van der Waals surface area contributed by atoms with Crippen molar-refractivity contribution in [3.8, 4) is 5.75 Å². The maximum atomic E-state index is 11.6. The summed E-state index contributed by atoms with van der Waals surface area (Å²) in [6.07, 6.45) is 1.03. The monoisotopic (exact) mass is 293 g/mol. The van der Waals surface area contributed by atoms with Gasteiger partial charge in [0.15, 0.2) is 6.10 Å². The van der Waals surface area contributed by atoms with Crippen LogP contribution in [-0.4, -0.2) is 48.8 Å². The van der Waals surface area contributed by atoms with Gasteiger partial charge in [0.2, 0.25) is 0 Å². The largest absolute Gasteiger partial charge is 0.489 e. The maximum Gasteiger partial charge on any atom is 0.339 e. The molecule has 1 N–H and O–H groups in total. The third-order valence-corrected chi connectivity index (χ3v) is 3.57. The molecule has 5 heteroatoms. The lowest BCUT2D eigenvalue weighted by Gasteiger charge is -2.30. The molecule has 0 aliphatic carbocycles. The first-order chi connectivity index (χ1) is 10.1. The van der Waals surface area contributed by atoms with E-state index in [2.05, 4.69) is 11.9 Å². The van der Waals surface area contributed by atoms with Gasteiger partial charge < -0.3 is 19.5 Å². The first kappa shape index (κ1) is 15.8. The Hall–Kier alpha value is -1.59. The summed E-state index contributed by atoms with van der Waals surface area (Å²) in [5, 5.41) is 9.95. The summed E-state index contributed by atoms with van der Waals surface area (Å²) >= 11 is 0. The zero-order valence-corrected chi connectivity index (χ0v) is 12.6. The highest BCUT2D eigenvalue weighted by Gasteiger charge is 2.21. The number of carbonyl (C=O) groups excluding carboxylic acids is 1. The Morgan fingerprint density at radius 3 is 3.05 bits per heavy atom. The molecule has 1 saturated heterocycles. The van der Waals surface area contributed by atoms with Crippen LogP contribution in [0.4, 0.5) is 0 Å². The molecular formula is C16H23NO4. The van der Waals surface area contributed by atoms with Crippen molar-refractivity contribution in [2.24, 2.45) is 0 Å². The highest BCUT2D eigenvalue weighted by molar-refractivity contribution is 5.76. The number of aliphatic hydroxyl groups is 1. The third kappa shape index (κ3) is 4.44. The number of ether oxygens (including phenoxy) is 2. The topological polar surface area (TPSA) is 59.0 Å². The van der Waals surface area contributed by atoms with Crippen molar-refractivity contribution in [2.75, 3.05) is 26.7 Å². The number of likely N-dealkylation sites (tertiary alicyclic amines) is 1. The normalized spacial score (nSPS) is 20.8. The number of aliphatic hydroxyl groups excluding tert-OH is 1. The Balaban J connectivity index is 2.01. The molecule has 1 aromatic rings. The molecular weight excluding hydrogens is 270 g/mol. The van der Waals surface area contributed by atoms with Crippen molar-refractivity contribution in [1.29, 1.82) is 0 Å². The van der Waals surface area contributed by atoms with Crippen molar-refractivity contribution >= 4 is 5.97 Å². The number of benzene rings is 1. The van der Waals surface area contributed by atoms with E-state index in [9.17, 15) is 9.90 Å². The Labute approximate surface area is 125 Å². The van der Waals surface area contributed by atoms with E-state index in [4.69, 9.17) is 9.47 Å². The van der Waals surface area contributed by atoms with E-state index in [1.165, 1.54) is 0 Å². The maximum absolute atomic E-state index is 11.6. The first-order valence-corrected chi connectivity index (χ1v) is 7.40. The van der Waals surface area contributed by atoms with E-state index in [0.29, 0.717) is 11.3 Å². The molecule has 1 aliphatic heterocycles. The van der Waals surface area contributed by atoms with Gasteiger partial charge in [-0.05, 0) is 51.1 Å². The second kappa shape index (κ2) is 7.43. The van der Waals surface area contributed by atoms with E-state index in [0.717, 1.165) is 25.9 Å². The molecule has 116 valence electrons. The average Bonchev–Trinajstić information content (AvgIpc) is 2.47. The highest BCUT2D eigenvalue weighted by Crippen LogP contribution is 2.23. The number of carbonyl (C=O) groups is 1. The molecule has 2 atom stereocenters. The van der Waals surface area contributed by atoms with E-state index in [-0.39, 0.29) is 12.7 Å². The quantitative estimate of drug-likeness (QED) is 0.838. The molecule has 0 radical (unpaired) electrons. The van der Waals surface area contributed by atoms with Gasteiger partial charge in [0.05, 0.1) is 6.61 Å². The lowest BCUT2D eigenvalue weighted by molar-refractivity contribution is -0.153. The molecule has 1 fully saturated rings. The Morgan fingerprint density at radius 2 is 2.33 bits per heavy atom. The zero-order chi connectivity index (χ0) is 15.2. The second-order valence-corrected chi connectivity index (χ2v) is 5.37. The summed E-state index contributed by atoms with van der Waals surface area (Å²) in [6.45, 7) is 3.95. The third-order valence-electron chi connectivity index (χ3n) is 3.57. The average molecular weight is 293 g/mol. The fourth-order valence-corrected chi connectivity index (χ4v) is 2.52. The highest BCUT2D eigenvalue weighted by atomic mass is 16.5. The van der Waals surface area contributed by atoms with Gasteiger partial charge >= 0.3 is 5.97 Å². The molecule has 0 aromatic heterocycles. The number of piperidine rings is 1. The molecule has 0 amide bonds. The number of hydrogen-bond donors (Lipinski definition) is 1. The summed E-state index contributed by atoms with van der Waals surface area (Å²) in [5.41, 5.74) is 0.495. The molecule has 21 heavy (non-hydrogen) atoms. The van der Waals surface area contributed by atoms with Crippen LogP contribution >= 0.6 is 0 Å². The predicted octanol–water partition coefficient (Wildman–Crippen LogP) is 1.76. The second-order valence-electron chi connectivity index (χ2n) is 5.37. The minimum Gasteiger partial charge on any atom is -0.489 e. The van der Waals surface area contributed by atoms with Crippen molar-refractivity contribution in [2.45, 2.75) is 32.0 Å². The molecule has 1 aromatic carbocycles. The van der Waals surface area contributed by atoms with Gasteiger partial charge in [0, 0.05) is 6.54 Å². The number of esters is 1. The summed E-state index contributed by atoms with van der Waals surface area (Å²) in [5.74, 6) is 0.0446. The van der Waals surface area contributed by atoms with Gasteiger partial charge in [-0.2, -0.15) is 0 Å². The van der Waals surface area contributed by atoms with Crippen LogP contribution in [0, 0.1) is 0 Å². The van der Waals surface area contributed by atoms with E-state index in [1.807, 2.05) is 6.07 Å². The predicted molar refractivity (Wildman–Crippen MR) is 79.2 cm³/mol. The minimum absolute atomic E-state index is 0.152. The van der Waals surface area contributed by atoms with Gasteiger partial charge in [-0.25, -0.2) is 4.79 Å². The summed E-state index contributed by atoms with van der Waals surface area (Å²) in [6, 6.07) is 7.02. The van der Waals surface area contributed by atoms with E-state index >= 15 is 0 Å². The van der Waals surface area contributed by atoms with Crippen molar-refractivity contribution < 1.29 is 19.4 Å². The summed E-state index contributed by atoms with van der Waals surface area (Å²) in [4.78, 5) is 13.8. The smallest absolute Gasteiger partial charge is 0.339 e. The van der Waals surface area contributed by atoms with Crippen LogP contribution in [0.25, 0.3) is 0 Å². The Kier molecular flexibility index (Phi) is 5.59. The van der Waals surface area contributed by atoms with Crippen LogP contribution in [0.3, 0.4) is 0 Å². The lowest BCUT2D eigenvalue weighted by atomic mass is 10.1. The van der Waals surface area contributed by atoms with Gasteiger partial charge in [-0.15, -0.1) is 0 Å². The number of likely N-dealkylation sites (N-methyl/N-ethyl adjacent to an activating group) is 1. The van der Waals surface area contributed by atoms with Crippen LogP contribution in [-0.2, 0) is 9.53 Å².